The lowest BCUT2D eigenvalue weighted by Gasteiger charge is -2.24. The van der Waals surface area contributed by atoms with Crippen LogP contribution in [0.1, 0.15) is 38.5 Å². The van der Waals surface area contributed by atoms with Gasteiger partial charge in [0, 0.05) is 24.7 Å². The van der Waals surface area contributed by atoms with Crippen molar-refractivity contribution < 1.29 is 14.3 Å². The van der Waals surface area contributed by atoms with Gasteiger partial charge in [0.2, 0.25) is 5.91 Å². The van der Waals surface area contributed by atoms with Gasteiger partial charge in [0.15, 0.2) is 0 Å². The Labute approximate surface area is 178 Å². The third-order valence-corrected chi connectivity index (χ3v) is 5.50. The molecule has 0 unspecified atom stereocenters. The van der Waals surface area contributed by atoms with Crippen LogP contribution < -0.4 is 20.3 Å². The second-order valence-corrected chi connectivity index (χ2v) is 7.60. The Morgan fingerprint density at radius 1 is 1.00 bits per heavy atom. The van der Waals surface area contributed by atoms with E-state index >= 15 is 0 Å². The van der Waals surface area contributed by atoms with Crippen molar-refractivity contribution in [1.29, 1.82) is 0 Å². The van der Waals surface area contributed by atoms with Crippen LogP contribution in [0.2, 0.25) is 0 Å². The van der Waals surface area contributed by atoms with Crippen molar-refractivity contribution in [3.63, 3.8) is 0 Å². The lowest BCUT2D eigenvalue weighted by Crippen LogP contribution is -2.38. The van der Waals surface area contributed by atoms with E-state index in [1.807, 2.05) is 54.6 Å². The van der Waals surface area contributed by atoms with Gasteiger partial charge in [-0.2, -0.15) is 0 Å². The van der Waals surface area contributed by atoms with Gasteiger partial charge in [-0.25, -0.2) is 4.79 Å². The number of hydrogen-bond donors (Lipinski definition) is 2. The molecule has 0 saturated heterocycles. The second-order valence-electron chi connectivity index (χ2n) is 7.60. The molecule has 1 aliphatic rings. The second kappa shape index (κ2) is 11.2. The standard InChI is InChI=1S/C24H31N3O3/c1-30-22-16-9-8-15-21(22)26-24(29)27(20-13-6-3-7-14-20)18-10-17-25-23(28)19-11-4-2-5-12-19/h3,6-9,13-16,19H,2,4-5,10-12,17-18H2,1H3,(H,25,28)(H,26,29). The van der Waals surface area contributed by atoms with E-state index in [1.54, 1.807) is 12.0 Å². The Balaban J connectivity index is 1.58. The van der Waals surface area contributed by atoms with Crippen LogP contribution >= 0.6 is 0 Å². The molecule has 0 spiro atoms. The highest BCUT2D eigenvalue weighted by Crippen LogP contribution is 2.25. The fraction of sp³-hybridized carbons (Fsp3) is 0.417. The summed E-state index contributed by atoms with van der Waals surface area (Å²) in [4.78, 5) is 27.1. The maximum Gasteiger partial charge on any atom is 0.326 e. The van der Waals surface area contributed by atoms with Gasteiger partial charge < -0.3 is 15.4 Å². The van der Waals surface area contributed by atoms with E-state index in [9.17, 15) is 9.59 Å². The van der Waals surface area contributed by atoms with Crippen molar-refractivity contribution in [3.8, 4) is 5.75 Å². The number of hydrogen-bond acceptors (Lipinski definition) is 3. The molecule has 2 aromatic carbocycles. The minimum atomic E-state index is -0.232. The average Bonchev–Trinajstić information content (AvgIpc) is 2.80. The maximum absolute atomic E-state index is 13.0. The molecule has 2 aromatic rings. The third kappa shape index (κ3) is 5.99. The molecule has 0 aromatic heterocycles. The lowest BCUT2D eigenvalue weighted by atomic mass is 9.89. The minimum absolute atomic E-state index is 0.151. The smallest absolute Gasteiger partial charge is 0.326 e. The quantitative estimate of drug-likeness (QED) is 0.614. The molecule has 1 fully saturated rings. The van der Waals surface area contributed by atoms with Gasteiger partial charge in [0.25, 0.3) is 0 Å². The largest absolute Gasteiger partial charge is 0.495 e. The van der Waals surface area contributed by atoms with Gasteiger partial charge >= 0.3 is 6.03 Å². The third-order valence-electron chi connectivity index (χ3n) is 5.50. The molecule has 1 saturated carbocycles. The summed E-state index contributed by atoms with van der Waals surface area (Å²) in [6.45, 7) is 1.05. The summed E-state index contributed by atoms with van der Waals surface area (Å²) >= 11 is 0. The normalized spacial score (nSPS) is 14.0. The van der Waals surface area contributed by atoms with Crippen molar-refractivity contribution in [2.45, 2.75) is 38.5 Å². The predicted molar refractivity (Wildman–Crippen MR) is 120 cm³/mol. The van der Waals surface area contributed by atoms with Gasteiger partial charge in [-0.1, -0.05) is 49.6 Å². The average molecular weight is 410 g/mol. The van der Waals surface area contributed by atoms with E-state index in [-0.39, 0.29) is 17.9 Å². The Hall–Kier alpha value is -3.02. The van der Waals surface area contributed by atoms with Gasteiger partial charge in [-0.15, -0.1) is 0 Å². The van der Waals surface area contributed by atoms with E-state index < -0.39 is 0 Å². The molecule has 0 aliphatic heterocycles. The van der Waals surface area contributed by atoms with Crippen molar-refractivity contribution in [3.05, 3.63) is 54.6 Å². The zero-order chi connectivity index (χ0) is 21.2. The van der Waals surface area contributed by atoms with Gasteiger partial charge in [0.05, 0.1) is 12.8 Å². The zero-order valence-corrected chi connectivity index (χ0v) is 17.6. The number of urea groups is 1. The van der Waals surface area contributed by atoms with Crippen molar-refractivity contribution in [2.75, 3.05) is 30.4 Å². The summed E-state index contributed by atoms with van der Waals surface area (Å²) in [5.74, 6) is 0.913. The Kier molecular flexibility index (Phi) is 8.12. The fourth-order valence-electron chi connectivity index (χ4n) is 3.84. The highest BCUT2D eigenvalue weighted by atomic mass is 16.5. The van der Waals surface area contributed by atoms with Crippen LogP contribution in [-0.2, 0) is 4.79 Å². The lowest BCUT2D eigenvalue weighted by molar-refractivity contribution is -0.125. The summed E-state index contributed by atoms with van der Waals surface area (Å²) in [7, 11) is 1.58. The molecule has 6 heteroatoms. The van der Waals surface area contributed by atoms with E-state index in [0.717, 1.165) is 31.4 Å². The Morgan fingerprint density at radius 3 is 2.43 bits per heavy atom. The summed E-state index contributed by atoms with van der Waals surface area (Å²) in [5.41, 5.74) is 1.43. The molecule has 2 N–H and O–H groups in total. The molecular weight excluding hydrogens is 378 g/mol. The summed E-state index contributed by atoms with van der Waals surface area (Å²) in [6.07, 6.45) is 6.17. The highest BCUT2D eigenvalue weighted by Gasteiger charge is 2.21. The monoisotopic (exact) mass is 409 g/mol. The van der Waals surface area contributed by atoms with Crippen LogP contribution in [0.15, 0.2) is 54.6 Å². The minimum Gasteiger partial charge on any atom is -0.495 e. The number of nitrogens with one attached hydrogen (secondary N) is 2. The number of anilines is 2. The number of para-hydroxylation sites is 3. The van der Waals surface area contributed by atoms with E-state index in [0.29, 0.717) is 30.9 Å². The first kappa shape index (κ1) is 21.7. The van der Waals surface area contributed by atoms with Crippen LogP contribution in [0.4, 0.5) is 16.2 Å². The molecule has 30 heavy (non-hydrogen) atoms. The zero-order valence-electron chi connectivity index (χ0n) is 17.6. The maximum atomic E-state index is 13.0. The predicted octanol–water partition coefficient (Wildman–Crippen LogP) is 4.82. The number of nitrogens with zero attached hydrogens (tertiary/aromatic N) is 1. The number of methoxy groups -OCH3 is 1. The topological polar surface area (TPSA) is 70.7 Å². The first-order valence-electron chi connectivity index (χ1n) is 10.7. The van der Waals surface area contributed by atoms with Crippen LogP contribution in [0.25, 0.3) is 0 Å². The number of amides is 3. The van der Waals surface area contributed by atoms with Crippen LogP contribution in [0.5, 0.6) is 5.75 Å². The SMILES string of the molecule is COc1ccccc1NC(=O)N(CCCNC(=O)C1CCCCC1)c1ccccc1. The van der Waals surface area contributed by atoms with Gasteiger partial charge in [-0.3, -0.25) is 9.69 Å². The van der Waals surface area contributed by atoms with Crippen molar-refractivity contribution in [2.24, 2.45) is 5.92 Å². The number of ether oxygens (including phenoxy) is 1. The van der Waals surface area contributed by atoms with Crippen LogP contribution in [0.3, 0.4) is 0 Å². The molecule has 3 amide bonds. The number of benzene rings is 2. The molecule has 0 bridgehead atoms. The van der Waals surface area contributed by atoms with E-state index in [1.165, 1.54) is 6.42 Å². The fourth-order valence-corrected chi connectivity index (χ4v) is 3.84. The number of rotatable bonds is 8. The molecule has 0 heterocycles. The van der Waals surface area contributed by atoms with E-state index in [2.05, 4.69) is 10.6 Å². The van der Waals surface area contributed by atoms with Crippen LogP contribution in [0, 0.1) is 5.92 Å². The van der Waals surface area contributed by atoms with Gasteiger partial charge in [-0.05, 0) is 43.5 Å². The summed E-state index contributed by atoms with van der Waals surface area (Å²) in [5, 5.41) is 5.98. The number of carbonyl (C=O) groups excluding carboxylic acids is 2. The molecule has 160 valence electrons. The molecule has 1 aliphatic carbocycles. The molecular formula is C24H31N3O3. The summed E-state index contributed by atoms with van der Waals surface area (Å²) < 4.78 is 5.33. The van der Waals surface area contributed by atoms with Crippen LogP contribution in [-0.4, -0.2) is 32.1 Å². The van der Waals surface area contributed by atoms with Crippen molar-refractivity contribution in [1.82, 2.24) is 5.32 Å². The molecule has 6 nitrogen and oxygen atoms in total. The molecule has 0 radical (unpaired) electrons. The number of carbonyl (C=O) groups is 2. The van der Waals surface area contributed by atoms with Gasteiger partial charge in [0.1, 0.15) is 5.75 Å². The summed E-state index contributed by atoms with van der Waals surface area (Å²) in [6, 6.07) is 16.6. The highest BCUT2D eigenvalue weighted by molar-refractivity contribution is 6.02. The Bertz CT molecular complexity index is 819. The van der Waals surface area contributed by atoms with E-state index in [4.69, 9.17) is 4.74 Å². The first-order valence-corrected chi connectivity index (χ1v) is 10.7. The molecule has 3 rings (SSSR count). The first-order chi connectivity index (χ1) is 14.7. The molecule has 0 atom stereocenters. The Morgan fingerprint density at radius 2 is 1.70 bits per heavy atom. The van der Waals surface area contributed by atoms with Crippen molar-refractivity contribution >= 4 is 23.3 Å².